The molecule has 13 heavy (non-hydrogen) atoms. The van der Waals surface area contributed by atoms with E-state index in [2.05, 4.69) is 24.4 Å². The number of benzene rings is 1. The Morgan fingerprint density at radius 1 is 1.54 bits per heavy atom. The Labute approximate surface area is 84.1 Å². The van der Waals surface area contributed by atoms with Crippen LogP contribution in [0.15, 0.2) is 18.2 Å². The molecule has 70 valence electrons. The lowest BCUT2D eigenvalue weighted by Crippen LogP contribution is -2.18. The smallest absolute Gasteiger partial charge is 0.0409 e. The van der Waals surface area contributed by atoms with Gasteiger partial charge in [-0.15, -0.1) is 0 Å². The second-order valence-electron chi connectivity index (χ2n) is 3.49. The fourth-order valence-corrected chi connectivity index (χ4v) is 2.21. The maximum Gasteiger partial charge on any atom is 0.0409 e. The van der Waals surface area contributed by atoms with E-state index < -0.39 is 0 Å². The molecule has 0 heterocycles. The number of aryl methyl sites for hydroxylation is 1. The van der Waals surface area contributed by atoms with Crippen molar-refractivity contribution < 1.29 is 0 Å². The first-order chi connectivity index (χ1) is 6.31. The molecule has 1 N–H and O–H groups in total. The van der Waals surface area contributed by atoms with Gasteiger partial charge in [0.05, 0.1) is 0 Å². The Bertz CT molecular complexity index is 307. The molecule has 2 heteroatoms. The molecule has 1 aliphatic carbocycles. The first kappa shape index (κ1) is 9.04. The normalized spacial score (nSPS) is 20.3. The Morgan fingerprint density at radius 3 is 3.15 bits per heavy atom. The molecule has 0 radical (unpaired) electrons. The van der Waals surface area contributed by atoms with Crippen molar-refractivity contribution in [2.75, 3.05) is 6.54 Å². The molecule has 0 bridgehead atoms. The highest BCUT2D eigenvalue weighted by Crippen LogP contribution is 2.32. The van der Waals surface area contributed by atoms with Crippen LogP contribution in [0.3, 0.4) is 0 Å². The third-order valence-electron chi connectivity index (χ3n) is 2.64. The highest BCUT2D eigenvalue weighted by Gasteiger charge is 2.21. The van der Waals surface area contributed by atoms with E-state index >= 15 is 0 Å². The van der Waals surface area contributed by atoms with Crippen molar-refractivity contribution in [1.29, 1.82) is 0 Å². The molecule has 1 nitrogen and oxygen atoms in total. The minimum absolute atomic E-state index is 0.527. The minimum Gasteiger partial charge on any atom is -0.310 e. The average molecular weight is 196 g/mol. The second-order valence-corrected chi connectivity index (χ2v) is 3.93. The molecule has 0 spiro atoms. The quantitative estimate of drug-likeness (QED) is 0.765. The number of hydrogen-bond acceptors (Lipinski definition) is 1. The van der Waals surface area contributed by atoms with Crippen LogP contribution < -0.4 is 5.32 Å². The summed E-state index contributed by atoms with van der Waals surface area (Å²) in [7, 11) is 0. The first-order valence-electron chi connectivity index (χ1n) is 4.83. The molecule has 2 rings (SSSR count). The van der Waals surface area contributed by atoms with Gasteiger partial charge in [-0.25, -0.2) is 0 Å². The lowest BCUT2D eigenvalue weighted by atomic mass is 10.1. The van der Waals surface area contributed by atoms with Gasteiger partial charge in [0.1, 0.15) is 0 Å². The molecule has 0 saturated heterocycles. The molecule has 0 amide bonds. The van der Waals surface area contributed by atoms with E-state index in [1.165, 1.54) is 24.0 Å². The summed E-state index contributed by atoms with van der Waals surface area (Å²) in [5.41, 5.74) is 2.85. The summed E-state index contributed by atoms with van der Waals surface area (Å²) in [5, 5.41) is 4.32. The van der Waals surface area contributed by atoms with E-state index in [0.29, 0.717) is 6.04 Å². The third-order valence-corrected chi connectivity index (χ3v) is 2.87. The summed E-state index contributed by atoms with van der Waals surface area (Å²) >= 11 is 5.96. The number of fused-ring (bicyclic) bond motifs is 1. The minimum atomic E-state index is 0.527. The zero-order valence-electron chi connectivity index (χ0n) is 7.81. The van der Waals surface area contributed by atoms with Crippen molar-refractivity contribution in [2.24, 2.45) is 0 Å². The molecule has 1 aromatic carbocycles. The maximum absolute atomic E-state index is 5.96. The summed E-state index contributed by atoms with van der Waals surface area (Å²) < 4.78 is 0. The fraction of sp³-hybridized carbons (Fsp3) is 0.455. The van der Waals surface area contributed by atoms with Gasteiger partial charge in [-0.3, -0.25) is 0 Å². The number of nitrogens with one attached hydrogen (secondary N) is 1. The Hall–Kier alpha value is -0.530. The largest absolute Gasteiger partial charge is 0.310 e. The van der Waals surface area contributed by atoms with Gasteiger partial charge in [-0.2, -0.15) is 0 Å². The Morgan fingerprint density at radius 2 is 2.38 bits per heavy atom. The zero-order chi connectivity index (χ0) is 9.26. The molecule has 1 aliphatic rings. The summed E-state index contributed by atoms with van der Waals surface area (Å²) in [6.07, 6.45) is 2.40. The summed E-state index contributed by atoms with van der Waals surface area (Å²) in [6, 6.07) is 6.75. The topological polar surface area (TPSA) is 12.0 Å². The van der Waals surface area contributed by atoms with Crippen molar-refractivity contribution in [3.8, 4) is 0 Å². The fourth-order valence-electron chi connectivity index (χ4n) is 2.03. The molecular weight excluding hydrogens is 182 g/mol. The van der Waals surface area contributed by atoms with Crippen molar-refractivity contribution in [3.05, 3.63) is 34.3 Å². The molecule has 1 unspecified atom stereocenters. The van der Waals surface area contributed by atoms with Crippen LogP contribution in [0.5, 0.6) is 0 Å². The van der Waals surface area contributed by atoms with E-state index in [0.717, 1.165) is 11.6 Å². The highest BCUT2D eigenvalue weighted by molar-refractivity contribution is 6.30. The van der Waals surface area contributed by atoms with Gasteiger partial charge in [0.15, 0.2) is 0 Å². The van der Waals surface area contributed by atoms with Crippen LogP contribution in [0.4, 0.5) is 0 Å². The lowest BCUT2D eigenvalue weighted by Gasteiger charge is -2.11. The summed E-state index contributed by atoms with van der Waals surface area (Å²) in [5.74, 6) is 0. The summed E-state index contributed by atoms with van der Waals surface area (Å²) in [6.45, 7) is 3.17. The number of rotatable bonds is 2. The van der Waals surface area contributed by atoms with Crippen molar-refractivity contribution in [3.63, 3.8) is 0 Å². The average Bonchev–Trinajstić information content (AvgIpc) is 2.49. The molecule has 0 aromatic heterocycles. The lowest BCUT2D eigenvalue weighted by molar-refractivity contribution is 0.549. The molecule has 1 aromatic rings. The van der Waals surface area contributed by atoms with Gasteiger partial charge in [0, 0.05) is 11.1 Å². The first-order valence-corrected chi connectivity index (χ1v) is 5.20. The van der Waals surface area contributed by atoms with E-state index in [1.807, 2.05) is 6.07 Å². The predicted molar refractivity (Wildman–Crippen MR) is 56.2 cm³/mol. The van der Waals surface area contributed by atoms with E-state index in [9.17, 15) is 0 Å². The third kappa shape index (κ3) is 1.72. The van der Waals surface area contributed by atoms with Crippen molar-refractivity contribution in [2.45, 2.75) is 25.8 Å². The van der Waals surface area contributed by atoms with Crippen molar-refractivity contribution >= 4 is 11.6 Å². The molecule has 0 saturated carbocycles. The van der Waals surface area contributed by atoms with E-state index in [1.54, 1.807) is 0 Å². The Balaban J connectivity index is 2.29. The SMILES string of the molecule is CCNC1CCc2ccc(Cl)cc21. The molecule has 0 fully saturated rings. The van der Waals surface area contributed by atoms with Crippen LogP contribution in [-0.4, -0.2) is 6.54 Å². The van der Waals surface area contributed by atoms with Crippen LogP contribution >= 0.6 is 11.6 Å². The highest BCUT2D eigenvalue weighted by atomic mass is 35.5. The Kier molecular flexibility index (Phi) is 2.56. The molecular formula is C11H14ClN. The molecule has 1 atom stereocenters. The van der Waals surface area contributed by atoms with Crippen LogP contribution in [0.1, 0.15) is 30.5 Å². The van der Waals surface area contributed by atoms with Crippen LogP contribution in [-0.2, 0) is 6.42 Å². The van der Waals surface area contributed by atoms with Gasteiger partial charge in [-0.1, -0.05) is 24.6 Å². The van der Waals surface area contributed by atoms with Crippen LogP contribution in [0, 0.1) is 0 Å². The van der Waals surface area contributed by atoms with Crippen LogP contribution in [0.2, 0.25) is 5.02 Å². The maximum atomic E-state index is 5.96. The standard InChI is InChI=1S/C11H14ClN/c1-2-13-11-6-4-8-3-5-9(12)7-10(8)11/h3,5,7,11,13H,2,4,6H2,1H3. The van der Waals surface area contributed by atoms with Gasteiger partial charge in [-0.05, 0) is 42.6 Å². The molecule has 0 aliphatic heterocycles. The van der Waals surface area contributed by atoms with Gasteiger partial charge in [0.2, 0.25) is 0 Å². The number of halogens is 1. The zero-order valence-corrected chi connectivity index (χ0v) is 8.56. The predicted octanol–water partition coefficient (Wildman–Crippen LogP) is 2.94. The van der Waals surface area contributed by atoms with E-state index in [4.69, 9.17) is 11.6 Å². The number of hydrogen-bond donors (Lipinski definition) is 1. The summed E-state index contributed by atoms with van der Waals surface area (Å²) in [4.78, 5) is 0. The van der Waals surface area contributed by atoms with Crippen LogP contribution in [0.25, 0.3) is 0 Å². The van der Waals surface area contributed by atoms with E-state index in [-0.39, 0.29) is 0 Å². The van der Waals surface area contributed by atoms with Crippen molar-refractivity contribution in [1.82, 2.24) is 5.32 Å². The van der Waals surface area contributed by atoms with Gasteiger partial charge in [0.25, 0.3) is 0 Å². The van der Waals surface area contributed by atoms with Gasteiger partial charge >= 0.3 is 0 Å². The van der Waals surface area contributed by atoms with Gasteiger partial charge < -0.3 is 5.32 Å². The second kappa shape index (κ2) is 3.69. The monoisotopic (exact) mass is 195 g/mol.